The Kier molecular flexibility index (Phi) is 3.62. The highest BCUT2D eigenvalue weighted by molar-refractivity contribution is 6.28. The second-order valence-corrected chi connectivity index (χ2v) is 4.59. The van der Waals surface area contributed by atoms with Gasteiger partial charge < -0.3 is 0 Å². The van der Waals surface area contributed by atoms with Gasteiger partial charge in [-0.1, -0.05) is 32.6 Å². The monoisotopic (exact) mass is 227 g/mol. The highest BCUT2D eigenvalue weighted by Crippen LogP contribution is 2.30. The van der Waals surface area contributed by atoms with E-state index < -0.39 is 0 Å². The molecule has 15 heavy (non-hydrogen) atoms. The smallest absolute Gasteiger partial charge is 0.225 e. The highest BCUT2D eigenvalue weighted by Gasteiger charge is 2.19. The van der Waals surface area contributed by atoms with Crippen LogP contribution in [0.2, 0.25) is 5.28 Å². The van der Waals surface area contributed by atoms with E-state index in [1.807, 2.05) is 0 Å². The third kappa shape index (κ3) is 2.33. The van der Waals surface area contributed by atoms with Crippen LogP contribution in [-0.2, 0) is 6.42 Å². The van der Waals surface area contributed by atoms with E-state index >= 15 is 0 Å². The van der Waals surface area contributed by atoms with Gasteiger partial charge in [0.2, 0.25) is 5.28 Å². The van der Waals surface area contributed by atoms with Crippen LogP contribution in [0.25, 0.3) is 0 Å². The van der Waals surface area contributed by atoms with Crippen LogP contribution in [0.4, 0.5) is 0 Å². The summed E-state index contributed by atoms with van der Waals surface area (Å²) in [6.07, 6.45) is 8.70. The van der Waals surface area contributed by atoms with Gasteiger partial charge in [0.25, 0.3) is 0 Å². The average molecular weight is 228 g/mol. The lowest BCUT2D eigenvalue weighted by atomic mass is 10.1. The second kappa shape index (κ2) is 4.97. The van der Waals surface area contributed by atoms with Crippen molar-refractivity contribution < 1.29 is 0 Å². The topological polar surface area (TPSA) is 30.7 Å². The first kappa shape index (κ1) is 10.9. The molecule has 1 aliphatic rings. The molecule has 0 atom stereocenters. The van der Waals surface area contributed by atoms with Gasteiger partial charge in [0.1, 0.15) is 5.82 Å². The Hall–Kier alpha value is -0.570. The van der Waals surface area contributed by atoms with Crippen LogP contribution in [0.15, 0.2) is 0 Å². The molecular formula is C11H18ClN3. The molecule has 0 unspecified atom stereocenters. The highest BCUT2D eigenvalue weighted by atomic mass is 35.5. The predicted molar refractivity (Wildman–Crippen MR) is 61.1 cm³/mol. The minimum atomic E-state index is 0.532. The Labute approximate surface area is 95.8 Å². The third-order valence-electron chi connectivity index (χ3n) is 3.23. The van der Waals surface area contributed by atoms with Crippen LogP contribution < -0.4 is 0 Å². The Morgan fingerprint density at radius 1 is 1.20 bits per heavy atom. The molecule has 1 aromatic heterocycles. The minimum Gasteiger partial charge on any atom is -0.299 e. The van der Waals surface area contributed by atoms with Gasteiger partial charge in [-0.25, -0.2) is 0 Å². The van der Waals surface area contributed by atoms with Crippen molar-refractivity contribution in [1.29, 1.82) is 0 Å². The fourth-order valence-electron chi connectivity index (χ4n) is 2.42. The number of hydrogen-bond acceptors (Lipinski definition) is 2. The maximum atomic E-state index is 6.10. The van der Waals surface area contributed by atoms with Crippen LogP contribution in [0.5, 0.6) is 0 Å². The Balaban J connectivity index is 2.21. The molecule has 0 bridgehead atoms. The summed E-state index contributed by atoms with van der Waals surface area (Å²) < 4.78 is 2.15. The van der Waals surface area contributed by atoms with E-state index in [2.05, 4.69) is 21.7 Å². The first-order chi connectivity index (χ1) is 7.33. The lowest BCUT2D eigenvalue weighted by Crippen LogP contribution is -2.11. The fourth-order valence-corrected chi connectivity index (χ4v) is 2.69. The Bertz CT molecular complexity index is 314. The van der Waals surface area contributed by atoms with Gasteiger partial charge in [-0.2, -0.15) is 0 Å². The van der Waals surface area contributed by atoms with Crippen molar-refractivity contribution in [2.45, 2.75) is 57.9 Å². The minimum absolute atomic E-state index is 0.532. The van der Waals surface area contributed by atoms with Crippen molar-refractivity contribution in [2.75, 3.05) is 0 Å². The van der Waals surface area contributed by atoms with Crippen molar-refractivity contribution in [3.63, 3.8) is 0 Å². The second-order valence-electron chi connectivity index (χ2n) is 4.25. The van der Waals surface area contributed by atoms with E-state index in [-0.39, 0.29) is 0 Å². The maximum Gasteiger partial charge on any atom is 0.225 e. The van der Waals surface area contributed by atoms with Crippen molar-refractivity contribution in [3.05, 3.63) is 11.1 Å². The predicted octanol–water partition coefficient (Wildman–Crippen LogP) is 3.39. The Morgan fingerprint density at radius 2 is 1.87 bits per heavy atom. The number of rotatable bonds is 2. The summed E-state index contributed by atoms with van der Waals surface area (Å²) in [7, 11) is 0. The summed E-state index contributed by atoms with van der Waals surface area (Å²) in [6.45, 7) is 2.10. The first-order valence-electron chi connectivity index (χ1n) is 5.92. The number of nitrogens with zero attached hydrogens (tertiary/aromatic N) is 3. The number of halogens is 1. The molecule has 2 rings (SSSR count). The van der Waals surface area contributed by atoms with Gasteiger partial charge >= 0.3 is 0 Å². The zero-order valence-electron chi connectivity index (χ0n) is 9.25. The summed E-state index contributed by atoms with van der Waals surface area (Å²) in [5.74, 6) is 1.03. The van der Waals surface area contributed by atoms with Crippen molar-refractivity contribution >= 4 is 11.6 Å². The SMILES string of the molecule is CCc1nnc(Cl)n1C1CCCCCC1. The van der Waals surface area contributed by atoms with Gasteiger partial charge in [0.15, 0.2) is 0 Å². The van der Waals surface area contributed by atoms with Gasteiger partial charge in [0, 0.05) is 12.5 Å². The van der Waals surface area contributed by atoms with Gasteiger partial charge in [0.05, 0.1) is 0 Å². The van der Waals surface area contributed by atoms with Crippen LogP contribution in [-0.4, -0.2) is 14.8 Å². The molecule has 84 valence electrons. The van der Waals surface area contributed by atoms with E-state index in [0.29, 0.717) is 11.3 Å². The lowest BCUT2D eigenvalue weighted by Gasteiger charge is -2.18. The van der Waals surface area contributed by atoms with Crippen LogP contribution in [0.3, 0.4) is 0 Å². The maximum absolute atomic E-state index is 6.10. The molecule has 1 fully saturated rings. The molecule has 1 aromatic rings. The fraction of sp³-hybridized carbons (Fsp3) is 0.818. The van der Waals surface area contributed by atoms with Crippen molar-refractivity contribution in [3.8, 4) is 0 Å². The Morgan fingerprint density at radius 3 is 2.47 bits per heavy atom. The molecule has 4 heteroatoms. The summed E-state index contributed by atoms with van der Waals surface area (Å²) in [6, 6.07) is 0.532. The van der Waals surface area contributed by atoms with Crippen molar-refractivity contribution in [2.24, 2.45) is 0 Å². The average Bonchev–Trinajstić information content (AvgIpc) is 2.48. The molecule has 1 saturated carbocycles. The summed E-state index contributed by atoms with van der Waals surface area (Å²) in [4.78, 5) is 0. The standard InChI is InChI=1S/C11H18ClN3/c1-2-10-13-14-11(12)15(10)9-7-5-3-4-6-8-9/h9H,2-8H2,1H3. The van der Waals surface area contributed by atoms with Gasteiger partial charge in [-0.3, -0.25) is 4.57 Å². The lowest BCUT2D eigenvalue weighted by molar-refractivity contribution is 0.431. The molecule has 0 spiro atoms. The van der Waals surface area contributed by atoms with Crippen molar-refractivity contribution in [1.82, 2.24) is 14.8 Å². The molecule has 0 radical (unpaired) electrons. The van der Waals surface area contributed by atoms with Gasteiger partial charge in [-0.15, -0.1) is 10.2 Å². The molecular weight excluding hydrogens is 210 g/mol. The normalized spacial score (nSPS) is 19.1. The van der Waals surface area contributed by atoms with Crippen LogP contribution in [0.1, 0.15) is 57.3 Å². The molecule has 0 aliphatic heterocycles. The number of aryl methyl sites for hydroxylation is 1. The zero-order chi connectivity index (χ0) is 10.7. The number of aromatic nitrogens is 3. The van der Waals surface area contributed by atoms with E-state index in [1.54, 1.807) is 0 Å². The molecule has 3 nitrogen and oxygen atoms in total. The number of hydrogen-bond donors (Lipinski definition) is 0. The molecule has 1 heterocycles. The first-order valence-corrected chi connectivity index (χ1v) is 6.30. The summed E-state index contributed by atoms with van der Waals surface area (Å²) >= 11 is 6.10. The molecule has 0 amide bonds. The summed E-state index contributed by atoms with van der Waals surface area (Å²) in [5, 5.41) is 8.66. The molecule has 0 saturated heterocycles. The van der Waals surface area contributed by atoms with E-state index in [9.17, 15) is 0 Å². The van der Waals surface area contributed by atoms with Gasteiger partial charge in [-0.05, 0) is 24.4 Å². The largest absolute Gasteiger partial charge is 0.299 e. The van der Waals surface area contributed by atoms with E-state index in [1.165, 1.54) is 38.5 Å². The van der Waals surface area contributed by atoms with E-state index in [0.717, 1.165) is 12.2 Å². The molecule has 1 aliphatic carbocycles. The quantitative estimate of drug-likeness (QED) is 0.726. The van der Waals surface area contributed by atoms with Crippen LogP contribution >= 0.6 is 11.6 Å². The zero-order valence-corrected chi connectivity index (χ0v) is 10.0. The summed E-state index contributed by atoms with van der Waals surface area (Å²) in [5.41, 5.74) is 0. The molecule has 0 N–H and O–H groups in total. The van der Waals surface area contributed by atoms with Crippen LogP contribution in [0, 0.1) is 0 Å². The third-order valence-corrected chi connectivity index (χ3v) is 3.49. The molecule has 0 aromatic carbocycles. The van der Waals surface area contributed by atoms with E-state index in [4.69, 9.17) is 11.6 Å².